The van der Waals surface area contributed by atoms with Crippen LogP contribution in [0.1, 0.15) is 13.3 Å². The zero-order valence-corrected chi connectivity index (χ0v) is 7.01. The second-order valence-electron chi connectivity index (χ2n) is 3.86. The molecule has 0 aromatic rings. The molecular formula is C9H16N2. The van der Waals surface area contributed by atoms with Crippen molar-refractivity contribution in [3.05, 3.63) is 11.6 Å². The number of nitrogens with two attached hydrogens (primary N) is 1. The molecule has 1 aliphatic heterocycles. The van der Waals surface area contributed by atoms with Crippen molar-refractivity contribution >= 4 is 0 Å². The van der Waals surface area contributed by atoms with Crippen LogP contribution < -0.4 is 11.1 Å². The van der Waals surface area contributed by atoms with Gasteiger partial charge in [0.05, 0.1) is 0 Å². The predicted molar refractivity (Wildman–Crippen MR) is 46.2 cm³/mol. The number of nitrogens with one attached hydrogen (secondary N) is 1. The largest absolute Gasteiger partial charge is 0.327 e. The molecule has 0 saturated carbocycles. The summed E-state index contributed by atoms with van der Waals surface area (Å²) in [5.74, 6) is 1.34. The molecule has 2 nitrogen and oxygen atoms in total. The molecule has 1 heterocycles. The van der Waals surface area contributed by atoms with Crippen molar-refractivity contribution < 1.29 is 0 Å². The van der Waals surface area contributed by atoms with E-state index < -0.39 is 0 Å². The maximum Gasteiger partial charge on any atom is 0.0168 e. The fourth-order valence-corrected chi connectivity index (χ4v) is 2.27. The lowest BCUT2D eigenvalue weighted by atomic mass is 9.81. The van der Waals surface area contributed by atoms with Gasteiger partial charge in [0.25, 0.3) is 0 Å². The average molecular weight is 152 g/mol. The van der Waals surface area contributed by atoms with Crippen molar-refractivity contribution in [3.8, 4) is 0 Å². The van der Waals surface area contributed by atoms with E-state index in [0.717, 1.165) is 19.5 Å². The molecule has 0 aromatic heterocycles. The van der Waals surface area contributed by atoms with Gasteiger partial charge in [0, 0.05) is 25.0 Å². The lowest BCUT2D eigenvalue weighted by molar-refractivity contribution is 0.409. The molecule has 3 atom stereocenters. The van der Waals surface area contributed by atoms with Crippen LogP contribution in [0.3, 0.4) is 0 Å². The van der Waals surface area contributed by atoms with E-state index in [4.69, 9.17) is 5.73 Å². The minimum atomic E-state index is 0.403. The van der Waals surface area contributed by atoms with Crippen LogP contribution in [0.25, 0.3) is 0 Å². The summed E-state index contributed by atoms with van der Waals surface area (Å²) in [6.45, 7) is 4.42. The van der Waals surface area contributed by atoms with Gasteiger partial charge in [-0.1, -0.05) is 18.6 Å². The van der Waals surface area contributed by atoms with E-state index in [1.165, 1.54) is 0 Å². The van der Waals surface area contributed by atoms with Crippen molar-refractivity contribution in [2.45, 2.75) is 19.4 Å². The highest BCUT2D eigenvalue weighted by Crippen LogP contribution is 2.29. The van der Waals surface area contributed by atoms with Crippen LogP contribution in [0.5, 0.6) is 0 Å². The van der Waals surface area contributed by atoms with E-state index in [9.17, 15) is 0 Å². The van der Waals surface area contributed by atoms with Gasteiger partial charge in [0.1, 0.15) is 0 Å². The van der Waals surface area contributed by atoms with E-state index in [0.29, 0.717) is 17.9 Å². The molecule has 1 fully saturated rings. The number of rotatable bonds is 0. The Hall–Kier alpha value is -0.340. The first-order valence-corrected chi connectivity index (χ1v) is 4.44. The van der Waals surface area contributed by atoms with Crippen LogP contribution in [0.4, 0.5) is 0 Å². The zero-order chi connectivity index (χ0) is 7.84. The van der Waals surface area contributed by atoms with E-state index >= 15 is 0 Å². The Kier molecular flexibility index (Phi) is 1.74. The van der Waals surface area contributed by atoms with Crippen LogP contribution in [-0.2, 0) is 0 Å². The van der Waals surface area contributed by atoms with Gasteiger partial charge in [0.2, 0.25) is 0 Å². The Labute approximate surface area is 67.8 Å². The molecule has 0 spiro atoms. The molecule has 11 heavy (non-hydrogen) atoms. The van der Waals surface area contributed by atoms with Crippen LogP contribution in [0.15, 0.2) is 11.6 Å². The van der Waals surface area contributed by atoms with Gasteiger partial charge in [-0.3, -0.25) is 0 Å². The first kappa shape index (κ1) is 7.32. The molecule has 0 bridgehead atoms. The minimum Gasteiger partial charge on any atom is -0.327 e. The summed E-state index contributed by atoms with van der Waals surface area (Å²) >= 11 is 0. The van der Waals surface area contributed by atoms with Crippen LogP contribution >= 0.6 is 0 Å². The molecule has 0 aromatic carbocycles. The van der Waals surface area contributed by atoms with Crippen molar-refractivity contribution in [3.63, 3.8) is 0 Å². The van der Waals surface area contributed by atoms with Gasteiger partial charge in [-0.05, 0) is 12.3 Å². The Balaban J connectivity index is 2.21. The quantitative estimate of drug-likeness (QED) is 0.496. The third-order valence-corrected chi connectivity index (χ3v) is 2.83. The summed E-state index contributed by atoms with van der Waals surface area (Å²) in [6.07, 6.45) is 3.56. The SMILES string of the molecule is CC1C=C2CNCC2C(N)C1. The van der Waals surface area contributed by atoms with Crippen molar-refractivity contribution in [2.75, 3.05) is 13.1 Å². The van der Waals surface area contributed by atoms with Crippen LogP contribution in [0.2, 0.25) is 0 Å². The Morgan fingerprint density at radius 1 is 1.64 bits per heavy atom. The molecule has 3 N–H and O–H groups in total. The molecule has 0 amide bonds. The molecule has 62 valence electrons. The van der Waals surface area contributed by atoms with Gasteiger partial charge in [-0.25, -0.2) is 0 Å². The summed E-state index contributed by atoms with van der Waals surface area (Å²) in [4.78, 5) is 0. The average Bonchev–Trinajstić information content (AvgIpc) is 2.34. The molecule has 1 saturated heterocycles. The molecular weight excluding hydrogens is 136 g/mol. The summed E-state index contributed by atoms with van der Waals surface area (Å²) in [5, 5.41) is 3.37. The summed E-state index contributed by atoms with van der Waals surface area (Å²) in [5.41, 5.74) is 7.58. The highest BCUT2D eigenvalue weighted by atomic mass is 14.9. The number of allylic oxidation sites excluding steroid dienone is 1. The topological polar surface area (TPSA) is 38.0 Å². The van der Waals surface area contributed by atoms with E-state index in [1.807, 2.05) is 0 Å². The highest BCUT2D eigenvalue weighted by molar-refractivity contribution is 5.20. The second-order valence-corrected chi connectivity index (χ2v) is 3.86. The Morgan fingerprint density at radius 2 is 2.45 bits per heavy atom. The molecule has 1 aliphatic carbocycles. The molecule has 2 heteroatoms. The van der Waals surface area contributed by atoms with Gasteiger partial charge >= 0.3 is 0 Å². The van der Waals surface area contributed by atoms with Crippen LogP contribution in [-0.4, -0.2) is 19.1 Å². The third kappa shape index (κ3) is 1.21. The van der Waals surface area contributed by atoms with E-state index in [1.54, 1.807) is 5.57 Å². The summed E-state index contributed by atoms with van der Waals surface area (Å²) < 4.78 is 0. The third-order valence-electron chi connectivity index (χ3n) is 2.83. The van der Waals surface area contributed by atoms with Gasteiger partial charge in [0.15, 0.2) is 0 Å². The fourth-order valence-electron chi connectivity index (χ4n) is 2.27. The number of hydrogen-bond acceptors (Lipinski definition) is 2. The Morgan fingerprint density at radius 3 is 3.27 bits per heavy atom. The lowest BCUT2D eigenvalue weighted by Crippen LogP contribution is -2.36. The summed E-state index contributed by atoms with van der Waals surface area (Å²) in [7, 11) is 0. The normalized spacial score (nSPS) is 43.5. The maximum absolute atomic E-state index is 6.03. The highest BCUT2D eigenvalue weighted by Gasteiger charge is 2.30. The van der Waals surface area contributed by atoms with E-state index in [-0.39, 0.29) is 0 Å². The summed E-state index contributed by atoms with van der Waals surface area (Å²) in [6, 6.07) is 0.403. The van der Waals surface area contributed by atoms with Crippen molar-refractivity contribution in [1.29, 1.82) is 0 Å². The van der Waals surface area contributed by atoms with Crippen LogP contribution in [0, 0.1) is 11.8 Å². The Bertz CT molecular complexity index is 186. The second kappa shape index (κ2) is 2.61. The minimum absolute atomic E-state index is 0.403. The van der Waals surface area contributed by atoms with Gasteiger partial charge < -0.3 is 11.1 Å². The van der Waals surface area contributed by atoms with Gasteiger partial charge in [-0.2, -0.15) is 0 Å². The smallest absolute Gasteiger partial charge is 0.0168 e. The van der Waals surface area contributed by atoms with Crippen molar-refractivity contribution in [2.24, 2.45) is 17.6 Å². The monoisotopic (exact) mass is 152 g/mol. The maximum atomic E-state index is 6.03. The first-order valence-electron chi connectivity index (χ1n) is 4.44. The molecule has 2 aliphatic rings. The zero-order valence-electron chi connectivity index (χ0n) is 7.01. The number of hydrogen-bond donors (Lipinski definition) is 2. The van der Waals surface area contributed by atoms with Crippen molar-refractivity contribution in [1.82, 2.24) is 5.32 Å². The first-order chi connectivity index (χ1) is 5.27. The predicted octanol–water partition coefficient (Wildman–Crippen LogP) is 0.499. The fraction of sp³-hybridized carbons (Fsp3) is 0.778. The van der Waals surface area contributed by atoms with E-state index in [2.05, 4.69) is 18.3 Å². The molecule has 0 radical (unpaired) electrons. The number of fused-ring (bicyclic) bond motifs is 1. The molecule has 2 rings (SSSR count). The van der Waals surface area contributed by atoms with Gasteiger partial charge in [-0.15, -0.1) is 0 Å². The lowest BCUT2D eigenvalue weighted by Gasteiger charge is -2.27. The molecule has 3 unspecified atom stereocenters. The standard InChI is InChI=1S/C9H16N2/c1-6-2-7-4-11-5-8(7)9(10)3-6/h2,6,8-9,11H,3-5,10H2,1H3.